The normalized spacial score (nSPS) is 10.6. The molecule has 0 spiro atoms. The zero-order valence-corrected chi connectivity index (χ0v) is 9.26. The molecule has 3 nitrogen and oxygen atoms in total. The summed E-state index contributed by atoms with van der Waals surface area (Å²) >= 11 is 5.74. The minimum absolute atomic E-state index is 0.317. The van der Waals surface area contributed by atoms with Crippen LogP contribution in [0.3, 0.4) is 0 Å². The van der Waals surface area contributed by atoms with Crippen LogP contribution in [0.15, 0.2) is 30.6 Å². The molecule has 0 unspecified atom stereocenters. The van der Waals surface area contributed by atoms with E-state index >= 15 is 0 Å². The highest BCUT2D eigenvalue weighted by Crippen LogP contribution is 2.13. The maximum absolute atomic E-state index is 13.0. The fourth-order valence-corrected chi connectivity index (χ4v) is 1.68. The smallest absolute Gasteiger partial charge is 0.125 e. The fourth-order valence-electron chi connectivity index (χ4n) is 1.43. The Labute approximate surface area is 97.7 Å². The van der Waals surface area contributed by atoms with Gasteiger partial charge in [-0.1, -0.05) is 11.6 Å². The number of hydrogen-bond donors (Lipinski definition) is 2. The Kier molecular flexibility index (Phi) is 3.54. The Bertz CT molecular complexity index is 436. The summed E-state index contributed by atoms with van der Waals surface area (Å²) in [5.74, 6) is 0.532. The quantitative estimate of drug-likeness (QED) is 0.861. The number of halogens is 2. The second-order valence-corrected chi connectivity index (χ2v) is 3.85. The van der Waals surface area contributed by atoms with Gasteiger partial charge < -0.3 is 10.3 Å². The van der Waals surface area contributed by atoms with Gasteiger partial charge in [-0.25, -0.2) is 9.37 Å². The minimum Gasteiger partial charge on any atom is -0.348 e. The van der Waals surface area contributed by atoms with Crippen LogP contribution in [0.25, 0.3) is 0 Å². The van der Waals surface area contributed by atoms with Crippen LogP contribution in [-0.2, 0) is 13.1 Å². The molecule has 5 heteroatoms. The third-order valence-corrected chi connectivity index (χ3v) is 2.32. The summed E-state index contributed by atoms with van der Waals surface area (Å²) in [6.45, 7) is 1.17. The number of rotatable bonds is 4. The van der Waals surface area contributed by atoms with E-state index in [2.05, 4.69) is 15.3 Å². The highest BCUT2D eigenvalue weighted by Gasteiger charge is 1.99. The lowest BCUT2D eigenvalue weighted by atomic mass is 10.2. The summed E-state index contributed by atoms with van der Waals surface area (Å²) in [7, 11) is 0. The summed E-state index contributed by atoms with van der Waals surface area (Å²) in [5, 5.41) is 3.55. The number of nitrogens with zero attached hydrogens (tertiary/aromatic N) is 1. The lowest BCUT2D eigenvalue weighted by molar-refractivity contribution is 0.618. The van der Waals surface area contributed by atoms with Crippen LogP contribution in [0.2, 0.25) is 5.02 Å². The summed E-state index contributed by atoms with van der Waals surface area (Å²) in [6, 6.07) is 4.48. The summed E-state index contributed by atoms with van der Waals surface area (Å²) in [4.78, 5) is 7.04. The lowest BCUT2D eigenvalue weighted by Crippen LogP contribution is -2.13. The molecule has 0 bridgehead atoms. The number of aromatic nitrogens is 2. The zero-order valence-electron chi connectivity index (χ0n) is 8.50. The van der Waals surface area contributed by atoms with E-state index in [0.29, 0.717) is 18.1 Å². The second-order valence-electron chi connectivity index (χ2n) is 3.42. The van der Waals surface area contributed by atoms with E-state index < -0.39 is 0 Å². The Hall–Kier alpha value is -1.39. The van der Waals surface area contributed by atoms with Crippen molar-refractivity contribution in [2.45, 2.75) is 13.1 Å². The Balaban J connectivity index is 1.89. The van der Waals surface area contributed by atoms with E-state index in [0.717, 1.165) is 11.4 Å². The first-order chi connectivity index (χ1) is 7.74. The van der Waals surface area contributed by atoms with Crippen molar-refractivity contribution in [3.05, 3.63) is 52.8 Å². The van der Waals surface area contributed by atoms with Crippen LogP contribution < -0.4 is 5.32 Å². The summed E-state index contributed by atoms with van der Waals surface area (Å²) in [6.07, 6.45) is 3.45. The number of H-pyrrole nitrogens is 1. The first-order valence-electron chi connectivity index (χ1n) is 4.88. The SMILES string of the molecule is Fc1cc(Cl)cc(CNCc2ncc[nH]2)c1. The predicted molar refractivity (Wildman–Crippen MR) is 60.5 cm³/mol. The molecule has 2 aromatic rings. The fraction of sp³-hybridized carbons (Fsp3) is 0.182. The van der Waals surface area contributed by atoms with Gasteiger partial charge in [-0.15, -0.1) is 0 Å². The van der Waals surface area contributed by atoms with Gasteiger partial charge in [0.05, 0.1) is 6.54 Å². The van der Waals surface area contributed by atoms with Crippen LogP contribution in [0.5, 0.6) is 0 Å². The minimum atomic E-state index is -0.317. The molecular formula is C11H11ClFN3. The number of imidazole rings is 1. The van der Waals surface area contributed by atoms with Crippen LogP contribution in [0, 0.1) is 5.82 Å². The topological polar surface area (TPSA) is 40.7 Å². The average Bonchev–Trinajstić information content (AvgIpc) is 2.69. The van der Waals surface area contributed by atoms with Crippen molar-refractivity contribution in [2.24, 2.45) is 0 Å². The Morgan fingerprint density at radius 3 is 2.88 bits per heavy atom. The van der Waals surface area contributed by atoms with Gasteiger partial charge in [0.2, 0.25) is 0 Å². The van der Waals surface area contributed by atoms with Gasteiger partial charge in [0.15, 0.2) is 0 Å². The van der Waals surface area contributed by atoms with Gasteiger partial charge in [-0.3, -0.25) is 0 Å². The third kappa shape index (κ3) is 3.05. The van der Waals surface area contributed by atoms with Crippen LogP contribution >= 0.6 is 11.6 Å². The van der Waals surface area contributed by atoms with Gasteiger partial charge in [0.1, 0.15) is 11.6 Å². The van der Waals surface area contributed by atoms with Crippen molar-refractivity contribution in [3.8, 4) is 0 Å². The average molecular weight is 240 g/mol. The van der Waals surface area contributed by atoms with E-state index in [4.69, 9.17) is 11.6 Å². The van der Waals surface area contributed by atoms with Crippen LogP contribution in [-0.4, -0.2) is 9.97 Å². The highest BCUT2D eigenvalue weighted by atomic mass is 35.5. The van der Waals surface area contributed by atoms with Gasteiger partial charge >= 0.3 is 0 Å². The Morgan fingerprint density at radius 1 is 1.31 bits per heavy atom. The molecule has 16 heavy (non-hydrogen) atoms. The van der Waals surface area contributed by atoms with E-state index in [1.54, 1.807) is 18.5 Å². The number of nitrogens with one attached hydrogen (secondary N) is 2. The van der Waals surface area contributed by atoms with Crippen molar-refractivity contribution in [1.29, 1.82) is 0 Å². The van der Waals surface area contributed by atoms with E-state index in [1.165, 1.54) is 12.1 Å². The van der Waals surface area contributed by atoms with Gasteiger partial charge in [-0.2, -0.15) is 0 Å². The highest BCUT2D eigenvalue weighted by molar-refractivity contribution is 6.30. The summed E-state index contributed by atoms with van der Waals surface area (Å²) < 4.78 is 13.0. The second kappa shape index (κ2) is 5.09. The third-order valence-electron chi connectivity index (χ3n) is 2.10. The molecule has 0 aliphatic carbocycles. The molecule has 2 N–H and O–H groups in total. The lowest BCUT2D eigenvalue weighted by Gasteiger charge is -2.04. The molecule has 2 rings (SSSR count). The molecule has 0 saturated heterocycles. The van der Waals surface area contributed by atoms with Gasteiger partial charge in [0.25, 0.3) is 0 Å². The van der Waals surface area contributed by atoms with E-state index in [9.17, 15) is 4.39 Å². The first kappa shape index (κ1) is 11.1. The molecule has 0 aliphatic rings. The Morgan fingerprint density at radius 2 is 2.19 bits per heavy atom. The van der Waals surface area contributed by atoms with Gasteiger partial charge in [-0.05, 0) is 23.8 Å². The number of benzene rings is 1. The van der Waals surface area contributed by atoms with Crippen molar-refractivity contribution in [2.75, 3.05) is 0 Å². The molecule has 0 saturated carbocycles. The molecule has 0 aliphatic heterocycles. The van der Waals surface area contributed by atoms with Gasteiger partial charge in [0, 0.05) is 24.0 Å². The van der Waals surface area contributed by atoms with Crippen molar-refractivity contribution in [3.63, 3.8) is 0 Å². The van der Waals surface area contributed by atoms with Crippen molar-refractivity contribution in [1.82, 2.24) is 15.3 Å². The summed E-state index contributed by atoms with van der Waals surface area (Å²) in [5.41, 5.74) is 0.816. The maximum Gasteiger partial charge on any atom is 0.125 e. The van der Waals surface area contributed by atoms with Crippen LogP contribution in [0.1, 0.15) is 11.4 Å². The van der Waals surface area contributed by atoms with Crippen molar-refractivity contribution < 1.29 is 4.39 Å². The molecule has 0 atom stereocenters. The monoisotopic (exact) mass is 239 g/mol. The van der Waals surface area contributed by atoms with E-state index in [-0.39, 0.29) is 5.82 Å². The predicted octanol–water partition coefficient (Wildman–Crippen LogP) is 2.49. The number of hydrogen-bond acceptors (Lipinski definition) is 2. The molecule has 0 radical (unpaired) electrons. The zero-order chi connectivity index (χ0) is 11.4. The molecule has 0 fully saturated rings. The molecule has 0 amide bonds. The maximum atomic E-state index is 13.0. The molecule has 1 aromatic carbocycles. The van der Waals surface area contributed by atoms with Crippen LogP contribution in [0.4, 0.5) is 4.39 Å². The largest absolute Gasteiger partial charge is 0.348 e. The van der Waals surface area contributed by atoms with Crippen molar-refractivity contribution >= 4 is 11.6 Å². The van der Waals surface area contributed by atoms with E-state index in [1.807, 2.05) is 0 Å². The first-order valence-corrected chi connectivity index (χ1v) is 5.26. The molecular weight excluding hydrogens is 229 g/mol. The standard InChI is InChI=1S/C11H11ClFN3/c12-9-3-8(4-10(13)5-9)6-14-7-11-15-1-2-16-11/h1-5,14H,6-7H2,(H,15,16). The molecule has 84 valence electrons. The molecule has 1 heterocycles. The molecule has 1 aromatic heterocycles. The number of aromatic amines is 1.